The van der Waals surface area contributed by atoms with Crippen LogP contribution in [0, 0.1) is 0 Å². The molecule has 0 aromatic carbocycles. The van der Waals surface area contributed by atoms with E-state index < -0.39 is 0 Å². The third-order valence-corrected chi connectivity index (χ3v) is 5.65. The molecule has 154 valence electrons. The summed E-state index contributed by atoms with van der Waals surface area (Å²) in [6.45, 7) is 5.65. The zero-order chi connectivity index (χ0) is 18.7. The minimum atomic E-state index is 0.230. The first-order valence-electron chi connectivity index (χ1n) is 11.8. The first kappa shape index (κ1) is 23.5. The lowest BCUT2D eigenvalue weighted by atomic mass is 10.0. The van der Waals surface area contributed by atoms with Crippen LogP contribution in [0.2, 0.25) is 0 Å². The van der Waals surface area contributed by atoms with Crippen LogP contribution in [0.1, 0.15) is 116 Å². The van der Waals surface area contributed by atoms with Gasteiger partial charge in [-0.1, -0.05) is 103 Å². The Balaban J connectivity index is 1.74. The van der Waals surface area contributed by atoms with Crippen LogP contribution in [0.3, 0.4) is 0 Å². The number of aliphatic hydroxyl groups excluding tert-OH is 1. The number of hydrogen-bond acceptors (Lipinski definition) is 3. The van der Waals surface area contributed by atoms with E-state index in [1.54, 1.807) is 0 Å². The molecule has 0 saturated heterocycles. The third-order valence-electron chi connectivity index (χ3n) is 5.65. The van der Waals surface area contributed by atoms with Gasteiger partial charge in [0.05, 0.1) is 13.2 Å². The van der Waals surface area contributed by atoms with E-state index in [4.69, 9.17) is 5.11 Å². The van der Waals surface area contributed by atoms with Crippen molar-refractivity contribution in [3.63, 3.8) is 0 Å². The van der Waals surface area contributed by atoms with Gasteiger partial charge in [-0.25, -0.2) is 0 Å². The van der Waals surface area contributed by atoms with Crippen LogP contribution in [0.15, 0.2) is 4.99 Å². The molecule has 0 aliphatic carbocycles. The van der Waals surface area contributed by atoms with Gasteiger partial charge >= 0.3 is 0 Å². The summed E-state index contributed by atoms with van der Waals surface area (Å²) in [6, 6.07) is 0. The first-order chi connectivity index (χ1) is 12.9. The average molecular weight is 367 g/mol. The summed E-state index contributed by atoms with van der Waals surface area (Å²) < 4.78 is 0. The van der Waals surface area contributed by atoms with Crippen LogP contribution in [-0.2, 0) is 0 Å². The Labute approximate surface area is 163 Å². The van der Waals surface area contributed by atoms with E-state index in [0.717, 1.165) is 31.9 Å². The highest BCUT2D eigenvalue weighted by Crippen LogP contribution is 2.14. The molecule has 1 aliphatic heterocycles. The van der Waals surface area contributed by atoms with Crippen molar-refractivity contribution in [3.8, 4) is 0 Å². The van der Waals surface area contributed by atoms with E-state index in [-0.39, 0.29) is 6.61 Å². The molecular formula is C23H46N2O. The molecular weight excluding hydrogens is 320 g/mol. The zero-order valence-electron chi connectivity index (χ0n) is 17.7. The molecule has 0 atom stereocenters. The molecule has 3 nitrogen and oxygen atoms in total. The van der Waals surface area contributed by atoms with Crippen molar-refractivity contribution >= 4 is 5.84 Å². The van der Waals surface area contributed by atoms with Gasteiger partial charge in [0.2, 0.25) is 0 Å². The van der Waals surface area contributed by atoms with E-state index >= 15 is 0 Å². The first-order valence-corrected chi connectivity index (χ1v) is 11.8. The van der Waals surface area contributed by atoms with Gasteiger partial charge in [-0.3, -0.25) is 4.99 Å². The molecule has 0 saturated carbocycles. The van der Waals surface area contributed by atoms with Crippen LogP contribution in [0.4, 0.5) is 0 Å². The molecule has 26 heavy (non-hydrogen) atoms. The van der Waals surface area contributed by atoms with Crippen molar-refractivity contribution in [2.45, 2.75) is 116 Å². The topological polar surface area (TPSA) is 35.8 Å². The van der Waals surface area contributed by atoms with Crippen LogP contribution in [0.25, 0.3) is 0 Å². The Morgan fingerprint density at radius 1 is 0.731 bits per heavy atom. The predicted octanol–water partition coefficient (Wildman–Crippen LogP) is 6.34. The molecule has 1 rings (SSSR count). The third kappa shape index (κ3) is 12.7. The van der Waals surface area contributed by atoms with Crippen molar-refractivity contribution in [1.82, 2.24) is 4.90 Å². The lowest BCUT2D eigenvalue weighted by Gasteiger charge is -2.19. The van der Waals surface area contributed by atoms with Gasteiger partial charge in [0.25, 0.3) is 0 Å². The fourth-order valence-electron chi connectivity index (χ4n) is 3.96. The number of aliphatic hydroxyl groups is 1. The minimum Gasteiger partial charge on any atom is -0.396 e. The molecule has 0 amide bonds. The van der Waals surface area contributed by atoms with Gasteiger partial charge < -0.3 is 10.0 Å². The molecule has 0 bridgehead atoms. The molecule has 0 spiro atoms. The van der Waals surface area contributed by atoms with Crippen molar-refractivity contribution in [2.24, 2.45) is 4.99 Å². The maximum atomic E-state index is 9.05. The van der Waals surface area contributed by atoms with Crippen LogP contribution >= 0.6 is 0 Å². The fourth-order valence-corrected chi connectivity index (χ4v) is 3.96. The summed E-state index contributed by atoms with van der Waals surface area (Å²) in [4.78, 5) is 6.86. The second kappa shape index (κ2) is 17.8. The molecule has 1 N–H and O–H groups in total. The summed E-state index contributed by atoms with van der Waals surface area (Å²) in [5.74, 6) is 1.13. The highest BCUT2D eigenvalue weighted by Gasteiger charge is 2.14. The number of nitrogens with zero attached hydrogens (tertiary/aromatic N) is 2. The van der Waals surface area contributed by atoms with Gasteiger partial charge in [-0.2, -0.15) is 0 Å². The van der Waals surface area contributed by atoms with Crippen molar-refractivity contribution in [2.75, 3.05) is 26.2 Å². The monoisotopic (exact) mass is 366 g/mol. The van der Waals surface area contributed by atoms with E-state index in [2.05, 4.69) is 16.8 Å². The van der Waals surface area contributed by atoms with Crippen molar-refractivity contribution in [1.29, 1.82) is 0 Å². The zero-order valence-corrected chi connectivity index (χ0v) is 17.7. The lowest BCUT2D eigenvalue weighted by molar-refractivity contribution is 0.300. The molecule has 0 aromatic heterocycles. The molecule has 0 unspecified atom stereocenters. The molecule has 1 aliphatic rings. The lowest BCUT2D eigenvalue weighted by Crippen LogP contribution is -2.29. The SMILES string of the molecule is CCCCCCCCCCCCCCCCCCN1CCN=C1CCO. The van der Waals surface area contributed by atoms with Gasteiger partial charge in [0.1, 0.15) is 5.84 Å². The number of unbranched alkanes of at least 4 members (excludes halogenated alkanes) is 15. The van der Waals surface area contributed by atoms with E-state index in [1.807, 2.05) is 0 Å². The summed E-state index contributed by atoms with van der Waals surface area (Å²) >= 11 is 0. The number of aliphatic imine (C=N–C) groups is 1. The standard InChI is InChI=1S/C23H46N2O/c1-2-3-4-5-6-7-8-9-10-11-12-13-14-15-16-17-20-25-21-19-24-23(25)18-22-26/h26H,2-22H2,1H3. The van der Waals surface area contributed by atoms with Gasteiger partial charge in [0, 0.05) is 19.5 Å². The Morgan fingerprint density at radius 2 is 1.19 bits per heavy atom. The number of amidine groups is 1. The molecule has 0 fully saturated rings. The minimum absolute atomic E-state index is 0.230. The maximum Gasteiger partial charge on any atom is 0.101 e. The van der Waals surface area contributed by atoms with E-state index in [0.29, 0.717) is 0 Å². The highest BCUT2D eigenvalue weighted by atomic mass is 16.3. The summed E-state index contributed by atoms with van der Waals surface area (Å²) in [7, 11) is 0. The van der Waals surface area contributed by atoms with Crippen molar-refractivity contribution in [3.05, 3.63) is 0 Å². The fraction of sp³-hybridized carbons (Fsp3) is 0.957. The average Bonchev–Trinajstić information content (AvgIpc) is 3.09. The maximum absolute atomic E-state index is 9.05. The largest absolute Gasteiger partial charge is 0.396 e. The Morgan fingerprint density at radius 3 is 1.65 bits per heavy atom. The summed E-state index contributed by atoms with van der Waals surface area (Å²) in [6.07, 6.45) is 23.5. The van der Waals surface area contributed by atoms with Crippen molar-refractivity contribution < 1.29 is 5.11 Å². The predicted molar refractivity (Wildman–Crippen MR) is 115 cm³/mol. The smallest absolute Gasteiger partial charge is 0.101 e. The molecule has 3 heteroatoms. The Kier molecular flexibility index (Phi) is 16.1. The van der Waals surface area contributed by atoms with Crippen LogP contribution in [0.5, 0.6) is 0 Å². The number of rotatable bonds is 19. The van der Waals surface area contributed by atoms with E-state index in [9.17, 15) is 0 Å². The highest BCUT2D eigenvalue weighted by molar-refractivity contribution is 5.83. The second-order valence-electron chi connectivity index (χ2n) is 8.06. The summed E-state index contributed by atoms with van der Waals surface area (Å²) in [5.41, 5.74) is 0. The Bertz CT molecular complexity index is 330. The molecule has 1 heterocycles. The van der Waals surface area contributed by atoms with Gasteiger partial charge in [-0.15, -0.1) is 0 Å². The number of hydrogen-bond donors (Lipinski definition) is 1. The summed E-state index contributed by atoms with van der Waals surface area (Å²) in [5, 5.41) is 9.05. The molecule has 0 aromatic rings. The quantitative estimate of drug-likeness (QED) is 0.271. The second-order valence-corrected chi connectivity index (χ2v) is 8.06. The molecule has 0 radical (unpaired) electrons. The van der Waals surface area contributed by atoms with Crippen LogP contribution in [-0.4, -0.2) is 42.1 Å². The normalized spacial score (nSPS) is 14.2. The van der Waals surface area contributed by atoms with Crippen LogP contribution < -0.4 is 0 Å². The van der Waals surface area contributed by atoms with Gasteiger partial charge in [0.15, 0.2) is 0 Å². The van der Waals surface area contributed by atoms with Gasteiger partial charge in [-0.05, 0) is 6.42 Å². The Hall–Kier alpha value is -0.570. The van der Waals surface area contributed by atoms with E-state index in [1.165, 1.54) is 103 Å².